The van der Waals surface area contributed by atoms with E-state index in [9.17, 15) is 14.9 Å². The van der Waals surface area contributed by atoms with Gasteiger partial charge in [0, 0.05) is 12.1 Å². The number of nitro benzene ring substituents is 1. The molecular formula is C13H9Cl2N3O3. The van der Waals surface area contributed by atoms with Gasteiger partial charge in [0.25, 0.3) is 5.69 Å². The fourth-order valence-electron chi connectivity index (χ4n) is 1.56. The van der Waals surface area contributed by atoms with Crippen molar-refractivity contribution in [2.24, 2.45) is 0 Å². The molecule has 0 atom stereocenters. The second-order valence-electron chi connectivity index (χ2n) is 3.98. The summed E-state index contributed by atoms with van der Waals surface area (Å²) >= 11 is 11.8. The van der Waals surface area contributed by atoms with Crippen LogP contribution in [0.2, 0.25) is 10.0 Å². The van der Waals surface area contributed by atoms with E-state index in [-0.39, 0.29) is 16.4 Å². The van der Waals surface area contributed by atoms with E-state index in [2.05, 4.69) is 10.6 Å². The fraction of sp³-hybridized carbons (Fsp3) is 0. The maximum Gasteiger partial charge on any atom is 0.323 e. The summed E-state index contributed by atoms with van der Waals surface area (Å²) in [6.45, 7) is 0. The van der Waals surface area contributed by atoms with Crippen molar-refractivity contribution in [1.29, 1.82) is 0 Å². The van der Waals surface area contributed by atoms with Crippen molar-refractivity contribution in [1.82, 2.24) is 0 Å². The largest absolute Gasteiger partial charge is 0.323 e. The standard InChI is InChI=1S/C13H9Cl2N3O3/c14-9-3-1-2-4-11(9)16-13(19)17-12-7-8(18(20)21)5-6-10(12)15/h1-7H,(H2,16,17,19). The summed E-state index contributed by atoms with van der Waals surface area (Å²) in [5, 5.41) is 16.2. The van der Waals surface area contributed by atoms with Gasteiger partial charge in [0.15, 0.2) is 0 Å². The Labute approximate surface area is 129 Å². The van der Waals surface area contributed by atoms with Gasteiger partial charge in [0.2, 0.25) is 0 Å². The van der Waals surface area contributed by atoms with Crippen LogP contribution in [0.4, 0.5) is 21.9 Å². The molecule has 8 heteroatoms. The Balaban J connectivity index is 2.15. The molecule has 2 aromatic carbocycles. The minimum absolute atomic E-state index is 0.135. The zero-order valence-corrected chi connectivity index (χ0v) is 12.0. The van der Waals surface area contributed by atoms with Gasteiger partial charge >= 0.3 is 6.03 Å². The van der Waals surface area contributed by atoms with E-state index in [0.29, 0.717) is 10.7 Å². The number of anilines is 2. The lowest BCUT2D eigenvalue weighted by Gasteiger charge is -2.09. The van der Waals surface area contributed by atoms with Gasteiger partial charge in [0.1, 0.15) is 0 Å². The first-order valence-corrected chi connectivity index (χ1v) is 6.49. The third kappa shape index (κ3) is 3.84. The molecular weight excluding hydrogens is 317 g/mol. The molecule has 0 saturated carbocycles. The molecule has 0 aromatic heterocycles. The number of nitrogens with one attached hydrogen (secondary N) is 2. The maximum absolute atomic E-state index is 11.9. The lowest BCUT2D eigenvalue weighted by atomic mass is 10.3. The molecule has 0 bridgehead atoms. The first-order valence-electron chi connectivity index (χ1n) is 5.74. The molecule has 21 heavy (non-hydrogen) atoms. The second-order valence-corrected chi connectivity index (χ2v) is 4.79. The van der Waals surface area contributed by atoms with Crippen LogP contribution in [-0.4, -0.2) is 11.0 Å². The van der Waals surface area contributed by atoms with Crippen LogP contribution in [0.1, 0.15) is 0 Å². The Morgan fingerprint density at radius 1 is 1.00 bits per heavy atom. The monoisotopic (exact) mass is 325 g/mol. The van der Waals surface area contributed by atoms with Gasteiger partial charge in [-0.3, -0.25) is 10.1 Å². The number of urea groups is 1. The Morgan fingerprint density at radius 2 is 1.62 bits per heavy atom. The zero-order valence-electron chi connectivity index (χ0n) is 10.5. The maximum atomic E-state index is 11.9. The van der Waals surface area contributed by atoms with Gasteiger partial charge in [-0.2, -0.15) is 0 Å². The van der Waals surface area contributed by atoms with Crippen LogP contribution in [-0.2, 0) is 0 Å². The lowest BCUT2D eigenvalue weighted by molar-refractivity contribution is -0.384. The predicted molar refractivity (Wildman–Crippen MR) is 82.2 cm³/mol. The summed E-state index contributed by atoms with van der Waals surface area (Å²) in [4.78, 5) is 22.0. The summed E-state index contributed by atoms with van der Waals surface area (Å²) < 4.78 is 0. The van der Waals surface area contributed by atoms with Gasteiger partial charge in [0.05, 0.1) is 26.3 Å². The van der Waals surface area contributed by atoms with E-state index in [1.54, 1.807) is 24.3 Å². The summed E-state index contributed by atoms with van der Waals surface area (Å²) in [5.41, 5.74) is 0.376. The van der Waals surface area contributed by atoms with Crippen LogP contribution in [0.25, 0.3) is 0 Å². The molecule has 6 nitrogen and oxygen atoms in total. The van der Waals surface area contributed by atoms with Crippen molar-refractivity contribution in [2.45, 2.75) is 0 Å². The summed E-state index contributed by atoms with van der Waals surface area (Å²) in [6, 6.07) is 9.84. The number of carbonyl (C=O) groups is 1. The van der Waals surface area contributed by atoms with Crippen LogP contribution in [0.3, 0.4) is 0 Å². The molecule has 0 aliphatic heterocycles. The molecule has 2 rings (SSSR count). The van der Waals surface area contributed by atoms with Gasteiger partial charge in [-0.15, -0.1) is 0 Å². The number of halogens is 2. The number of benzene rings is 2. The number of nitro groups is 1. The summed E-state index contributed by atoms with van der Waals surface area (Å²) in [6.07, 6.45) is 0. The predicted octanol–water partition coefficient (Wildman–Crippen LogP) is 4.55. The molecule has 2 amide bonds. The second kappa shape index (κ2) is 6.43. The molecule has 0 heterocycles. The van der Waals surface area contributed by atoms with Crippen molar-refractivity contribution in [3.05, 3.63) is 62.6 Å². The van der Waals surface area contributed by atoms with Crippen LogP contribution in [0, 0.1) is 10.1 Å². The van der Waals surface area contributed by atoms with E-state index in [4.69, 9.17) is 23.2 Å². The Kier molecular flexibility index (Phi) is 4.62. The topological polar surface area (TPSA) is 84.3 Å². The molecule has 0 aliphatic carbocycles. The molecule has 0 aliphatic rings. The first-order chi connectivity index (χ1) is 9.97. The molecule has 0 spiro atoms. The quantitative estimate of drug-likeness (QED) is 0.641. The van der Waals surface area contributed by atoms with E-state index in [1.807, 2.05) is 0 Å². The Hall–Kier alpha value is -2.31. The average Bonchev–Trinajstić information content (AvgIpc) is 2.43. The Bertz CT molecular complexity index is 707. The van der Waals surface area contributed by atoms with E-state index >= 15 is 0 Å². The van der Waals surface area contributed by atoms with Crippen LogP contribution in [0.5, 0.6) is 0 Å². The number of non-ortho nitro benzene ring substituents is 1. The molecule has 0 radical (unpaired) electrons. The average molecular weight is 326 g/mol. The van der Waals surface area contributed by atoms with Crippen molar-refractivity contribution >= 4 is 46.3 Å². The zero-order chi connectivity index (χ0) is 15.4. The number of para-hydroxylation sites is 1. The minimum Gasteiger partial charge on any atom is -0.306 e. The van der Waals surface area contributed by atoms with Gasteiger partial charge < -0.3 is 10.6 Å². The first kappa shape index (κ1) is 15.1. The van der Waals surface area contributed by atoms with Crippen molar-refractivity contribution in [3.63, 3.8) is 0 Å². The number of hydrogen-bond acceptors (Lipinski definition) is 3. The number of rotatable bonds is 3. The molecule has 108 valence electrons. The lowest BCUT2D eigenvalue weighted by Crippen LogP contribution is -2.19. The number of hydrogen-bond donors (Lipinski definition) is 2. The van der Waals surface area contributed by atoms with E-state index in [0.717, 1.165) is 0 Å². The van der Waals surface area contributed by atoms with Gasteiger partial charge in [-0.1, -0.05) is 35.3 Å². The van der Waals surface area contributed by atoms with Gasteiger partial charge in [-0.05, 0) is 18.2 Å². The highest BCUT2D eigenvalue weighted by Gasteiger charge is 2.12. The molecule has 2 N–H and O–H groups in total. The molecule has 0 fully saturated rings. The van der Waals surface area contributed by atoms with Crippen molar-refractivity contribution < 1.29 is 9.72 Å². The van der Waals surface area contributed by atoms with Crippen LogP contribution in [0.15, 0.2) is 42.5 Å². The van der Waals surface area contributed by atoms with E-state index < -0.39 is 11.0 Å². The number of nitrogens with zero attached hydrogens (tertiary/aromatic N) is 1. The van der Waals surface area contributed by atoms with E-state index in [1.165, 1.54) is 18.2 Å². The molecule has 0 saturated heterocycles. The van der Waals surface area contributed by atoms with Crippen LogP contribution >= 0.6 is 23.2 Å². The van der Waals surface area contributed by atoms with Gasteiger partial charge in [-0.25, -0.2) is 4.79 Å². The highest BCUT2D eigenvalue weighted by molar-refractivity contribution is 6.34. The number of carbonyl (C=O) groups excluding carboxylic acids is 1. The third-order valence-electron chi connectivity index (χ3n) is 2.53. The number of amides is 2. The normalized spacial score (nSPS) is 10.0. The van der Waals surface area contributed by atoms with Crippen LogP contribution < -0.4 is 10.6 Å². The summed E-state index contributed by atoms with van der Waals surface area (Å²) in [5.74, 6) is 0. The highest BCUT2D eigenvalue weighted by Crippen LogP contribution is 2.27. The van der Waals surface area contributed by atoms with Crippen molar-refractivity contribution in [2.75, 3.05) is 10.6 Å². The Morgan fingerprint density at radius 3 is 2.29 bits per heavy atom. The third-order valence-corrected chi connectivity index (χ3v) is 3.19. The minimum atomic E-state index is -0.606. The summed E-state index contributed by atoms with van der Waals surface area (Å²) in [7, 11) is 0. The fourth-order valence-corrected chi connectivity index (χ4v) is 1.91. The van der Waals surface area contributed by atoms with Crippen molar-refractivity contribution in [3.8, 4) is 0 Å². The highest BCUT2D eigenvalue weighted by atomic mass is 35.5. The SMILES string of the molecule is O=C(Nc1ccccc1Cl)Nc1cc([N+](=O)[O-])ccc1Cl. The molecule has 0 unspecified atom stereocenters. The molecule has 2 aromatic rings. The smallest absolute Gasteiger partial charge is 0.306 e.